The van der Waals surface area contributed by atoms with Gasteiger partial charge in [0.15, 0.2) is 5.82 Å². The van der Waals surface area contributed by atoms with Crippen molar-refractivity contribution in [3.63, 3.8) is 0 Å². The quantitative estimate of drug-likeness (QED) is 0.491. The van der Waals surface area contributed by atoms with Crippen molar-refractivity contribution < 1.29 is 0 Å². The summed E-state index contributed by atoms with van der Waals surface area (Å²) in [7, 11) is 0. The lowest BCUT2D eigenvalue weighted by Gasteiger charge is -2.06. The van der Waals surface area contributed by atoms with Gasteiger partial charge in [-0.2, -0.15) is 0 Å². The summed E-state index contributed by atoms with van der Waals surface area (Å²) in [4.78, 5) is 33.5. The Morgan fingerprint density at radius 3 is 2.74 bits per heavy atom. The van der Waals surface area contributed by atoms with E-state index < -0.39 is 5.69 Å². The maximum atomic E-state index is 11.7. The summed E-state index contributed by atoms with van der Waals surface area (Å²) in [5.74, 6) is 5.62. The molecule has 2 rings (SSSR count). The van der Waals surface area contributed by atoms with Gasteiger partial charge in [-0.15, -0.1) is 0 Å². The molecule has 0 aliphatic heterocycles. The van der Waals surface area contributed by atoms with Gasteiger partial charge in [-0.3, -0.25) is 19.3 Å². The Morgan fingerprint density at radius 1 is 1.37 bits per heavy atom. The molecular formula is C11H14N6O2. The summed E-state index contributed by atoms with van der Waals surface area (Å²) in [5.41, 5.74) is 2.69. The van der Waals surface area contributed by atoms with Crippen molar-refractivity contribution in [2.24, 2.45) is 5.84 Å². The maximum Gasteiger partial charge on any atom is 0.328 e. The molecule has 0 spiro atoms. The number of hydrazine groups is 1. The Labute approximate surface area is 108 Å². The zero-order valence-electron chi connectivity index (χ0n) is 10.4. The van der Waals surface area contributed by atoms with Crippen molar-refractivity contribution in [1.29, 1.82) is 0 Å². The van der Waals surface area contributed by atoms with Gasteiger partial charge in [-0.1, -0.05) is 6.92 Å². The topological polar surface area (TPSA) is 119 Å². The van der Waals surface area contributed by atoms with Gasteiger partial charge in [0.05, 0.1) is 24.6 Å². The van der Waals surface area contributed by atoms with Crippen LogP contribution >= 0.6 is 0 Å². The van der Waals surface area contributed by atoms with Crippen molar-refractivity contribution in [2.75, 3.05) is 5.43 Å². The monoisotopic (exact) mass is 262 g/mol. The summed E-state index contributed by atoms with van der Waals surface area (Å²) in [6.07, 6.45) is 5.07. The first-order valence-corrected chi connectivity index (χ1v) is 5.74. The fourth-order valence-electron chi connectivity index (χ4n) is 1.61. The van der Waals surface area contributed by atoms with Gasteiger partial charge in [0, 0.05) is 11.8 Å². The fraction of sp³-hybridized carbons (Fsp3) is 0.273. The molecule has 0 amide bonds. The normalized spacial score (nSPS) is 10.4. The summed E-state index contributed by atoms with van der Waals surface area (Å²) >= 11 is 0. The van der Waals surface area contributed by atoms with E-state index in [1.54, 1.807) is 0 Å². The van der Waals surface area contributed by atoms with E-state index in [0.717, 1.165) is 0 Å². The van der Waals surface area contributed by atoms with E-state index in [1.165, 1.54) is 23.2 Å². The second-order valence-corrected chi connectivity index (χ2v) is 3.93. The van der Waals surface area contributed by atoms with Crippen LogP contribution in [0.4, 0.5) is 5.82 Å². The molecule has 4 N–H and O–H groups in total. The van der Waals surface area contributed by atoms with Crippen LogP contribution in [0.25, 0.3) is 0 Å². The van der Waals surface area contributed by atoms with Crippen LogP contribution in [0.1, 0.15) is 18.2 Å². The number of aryl methyl sites for hydroxylation is 1. The molecule has 0 atom stereocenters. The van der Waals surface area contributed by atoms with Crippen LogP contribution < -0.4 is 22.5 Å². The molecule has 0 aromatic carbocycles. The summed E-state index contributed by atoms with van der Waals surface area (Å²) in [6.45, 7) is 2.08. The van der Waals surface area contributed by atoms with Gasteiger partial charge in [0.25, 0.3) is 5.56 Å². The smallest absolute Gasteiger partial charge is 0.307 e. The Bertz CT molecular complexity index is 673. The van der Waals surface area contributed by atoms with Crippen LogP contribution in [0, 0.1) is 0 Å². The third-order valence-corrected chi connectivity index (χ3v) is 2.65. The number of nitrogens with one attached hydrogen (secondary N) is 2. The first-order valence-electron chi connectivity index (χ1n) is 5.74. The molecule has 2 aromatic rings. The number of anilines is 1. The average molecular weight is 262 g/mol. The van der Waals surface area contributed by atoms with Crippen molar-refractivity contribution in [3.8, 4) is 0 Å². The third kappa shape index (κ3) is 2.86. The van der Waals surface area contributed by atoms with Crippen LogP contribution in [0.2, 0.25) is 0 Å². The van der Waals surface area contributed by atoms with E-state index in [2.05, 4.69) is 20.4 Å². The number of rotatable bonds is 4. The van der Waals surface area contributed by atoms with E-state index in [4.69, 9.17) is 5.84 Å². The molecule has 0 radical (unpaired) electrons. The number of nitrogens with two attached hydrogens (primary N) is 1. The molecule has 19 heavy (non-hydrogen) atoms. The third-order valence-electron chi connectivity index (χ3n) is 2.65. The Morgan fingerprint density at radius 2 is 2.16 bits per heavy atom. The Hall–Kier alpha value is -2.48. The minimum atomic E-state index is -0.468. The second kappa shape index (κ2) is 5.44. The average Bonchev–Trinajstić information content (AvgIpc) is 2.42. The molecule has 0 unspecified atom stereocenters. The van der Waals surface area contributed by atoms with Gasteiger partial charge in [-0.25, -0.2) is 15.6 Å². The molecule has 100 valence electrons. The van der Waals surface area contributed by atoms with E-state index in [9.17, 15) is 9.59 Å². The Kier molecular flexibility index (Phi) is 3.71. The SMILES string of the molecule is CCc1cn(Cc2cnc(NN)cn2)c(=O)[nH]c1=O. The number of nitrogens with zero attached hydrogens (tertiary/aromatic N) is 3. The zero-order chi connectivity index (χ0) is 13.8. The standard InChI is InChI=1S/C11H14N6O2/c1-2-7-5-17(11(19)15-10(7)18)6-8-3-14-9(16-12)4-13-8/h3-5H,2,6,12H2,1H3,(H,14,16)(H,15,18,19). The minimum absolute atomic E-state index is 0.237. The predicted molar refractivity (Wildman–Crippen MR) is 69.6 cm³/mol. The maximum absolute atomic E-state index is 11.7. The summed E-state index contributed by atoms with van der Waals surface area (Å²) in [6, 6.07) is 0. The lowest BCUT2D eigenvalue weighted by molar-refractivity contribution is 0.691. The van der Waals surface area contributed by atoms with E-state index in [0.29, 0.717) is 23.5 Å². The molecule has 0 aliphatic carbocycles. The molecule has 8 nitrogen and oxygen atoms in total. The molecule has 0 saturated heterocycles. The van der Waals surface area contributed by atoms with E-state index in [1.807, 2.05) is 6.92 Å². The molecule has 8 heteroatoms. The highest BCUT2D eigenvalue weighted by Crippen LogP contribution is 2.00. The minimum Gasteiger partial charge on any atom is -0.307 e. The lowest BCUT2D eigenvalue weighted by Crippen LogP contribution is -2.32. The molecule has 0 bridgehead atoms. The molecule has 2 heterocycles. The number of hydrogen-bond acceptors (Lipinski definition) is 6. The van der Waals surface area contributed by atoms with Gasteiger partial charge < -0.3 is 5.43 Å². The molecule has 0 saturated carbocycles. The first-order chi connectivity index (χ1) is 9.13. The van der Waals surface area contributed by atoms with Crippen LogP contribution in [-0.2, 0) is 13.0 Å². The molecule has 0 fully saturated rings. The largest absolute Gasteiger partial charge is 0.328 e. The van der Waals surface area contributed by atoms with Crippen molar-refractivity contribution in [1.82, 2.24) is 19.5 Å². The molecular weight excluding hydrogens is 248 g/mol. The van der Waals surface area contributed by atoms with E-state index >= 15 is 0 Å². The highest BCUT2D eigenvalue weighted by molar-refractivity contribution is 5.28. The number of aromatic nitrogens is 4. The van der Waals surface area contributed by atoms with Crippen LogP contribution in [0.15, 0.2) is 28.2 Å². The van der Waals surface area contributed by atoms with Gasteiger partial charge >= 0.3 is 5.69 Å². The highest BCUT2D eigenvalue weighted by Gasteiger charge is 2.05. The van der Waals surface area contributed by atoms with Crippen LogP contribution in [0.3, 0.4) is 0 Å². The fourth-order valence-corrected chi connectivity index (χ4v) is 1.61. The van der Waals surface area contributed by atoms with Crippen molar-refractivity contribution in [3.05, 3.63) is 50.7 Å². The number of hydrogen-bond donors (Lipinski definition) is 3. The van der Waals surface area contributed by atoms with E-state index in [-0.39, 0.29) is 12.1 Å². The van der Waals surface area contributed by atoms with Crippen molar-refractivity contribution in [2.45, 2.75) is 19.9 Å². The number of H-pyrrole nitrogens is 1. The van der Waals surface area contributed by atoms with Crippen LogP contribution in [-0.4, -0.2) is 19.5 Å². The van der Waals surface area contributed by atoms with Gasteiger partial charge in [-0.05, 0) is 6.42 Å². The van der Waals surface area contributed by atoms with Crippen LogP contribution in [0.5, 0.6) is 0 Å². The summed E-state index contributed by atoms with van der Waals surface area (Å²) < 4.78 is 1.39. The zero-order valence-corrected chi connectivity index (χ0v) is 10.4. The molecule has 2 aromatic heterocycles. The highest BCUT2D eigenvalue weighted by atomic mass is 16.2. The van der Waals surface area contributed by atoms with Gasteiger partial charge in [0.2, 0.25) is 0 Å². The second-order valence-electron chi connectivity index (χ2n) is 3.93. The Balaban J connectivity index is 2.32. The predicted octanol–water partition coefficient (Wildman–Crippen LogP) is -0.777. The number of aromatic amines is 1. The summed E-state index contributed by atoms with van der Waals surface area (Å²) in [5, 5.41) is 0. The molecule has 0 aliphatic rings. The first kappa shape index (κ1) is 13.0. The van der Waals surface area contributed by atoms with Gasteiger partial charge in [0.1, 0.15) is 0 Å². The van der Waals surface area contributed by atoms with Crippen molar-refractivity contribution >= 4 is 5.82 Å². The number of nitrogen functional groups attached to an aromatic ring is 1. The lowest BCUT2D eigenvalue weighted by atomic mass is 10.2.